The number of nitrogens with zero attached hydrogens (tertiary/aromatic N) is 4. The highest BCUT2D eigenvalue weighted by Gasteiger charge is 2.14. The number of fused-ring (bicyclic) bond motifs is 1. The van der Waals surface area contributed by atoms with Gasteiger partial charge in [0.1, 0.15) is 5.82 Å². The van der Waals surface area contributed by atoms with Gasteiger partial charge < -0.3 is 19.9 Å². The fourth-order valence-electron chi connectivity index (χ4n) is 2.48. The van der Waals surface area contributed by atoms with Crippen molar-refractivity contribution >= 4 is 29.9 Å². The van der Waals surface area contributed by atoms with Crippen LogP contribution in [0.4, 0.5) is 0 Å². The van der Waals surface area contributed by atoms with E-state index >= 15 is 0 Å². The third-order valence-corrected chi connectivity index (χ3v) is 3.64. The summed E-state index contributed by atoms with van der Waals surface area (Å²) in [5.74, 6) is 2.90. The summed E-state index contributed by atoms with van der Waals surface area (Å²) in [7, 11) is 3.49. The van der Waals surface area contributed by atoms with Gasteiger partial charge in [-0.05, 0) is 19.3 Å². The topological polar surface area (TPSA) is 76.4 Å². The van der Waals surface area contributed by atoms with Crippen LogP contribution in [0.1, 0.15) is 37.3 Å². The minimum Gasteiger partial charge on any atom is -0.385 e. The van der Waals surface area contributed by atoms with E-state index in [4.69, 9.17) is 4.74 Å². The molecule has 2 rings (SSSR count). The van der Waals surface area contributed by atoms with Crippen molar-refractivity contribution in [3.8, 4) is 0 Å². The Hall–Kier alpha value is -0.900. The van der Waals surface area contributed by atoms with Crippen LogP contribution in [0.25, 0.3) is 0 Å². The number of aromatic nitrogens is 3. The molecule has 0 aliphatic carbocycles. The predicted octanol–water partition coefficient (Wildman–Crippen LogP) is 1.32. The van der Waals surface area contributed by atoms with Gasteiger partial charge in [-0.3, -0.25) is 4.99 Å². The van der Waals surface area contributed by atoms with Crippen LogP contribution >= 0.6 is 24.0 Å². The van der Waals surface area contributed by atoms with Gasteiger partial charge in [-0.1, -0.05) is 6.42 Å². The molecule has 0 atom stereocenters. The number of ether oxygens (including phenoxy) is 1. The second kappa shape index (κ2) is 10.8. The SMILES string of the molecule is CN=C(NCCCOC)NCc1nnc2n1CCCCC2.I. The van der Waals surface area contributed by atoms with Gasteiger partial charge in [0.05, 0.1) is 6.54 Å². The van der Waals surface area contributed by atoms with E-state index in [0.29, 0.717) is 6.54 Å². The average molecular weight is 422 g/mol. The van der Waals surface area contributed by atoms with Crippen molar-refractivity contribution in [2.24, 2.45) is 4.99 Å². The maximum absolute atomic E-state index is 5.03. The summed E-state index contributed by atoms with van der Waals surface area (Å²) in [5, 5.41) is 15.2. The number of methoxy groups -OCH3 is 1. The molecule has 0 spiro atoms. The Balaban J connectivity index is 0.00000242. The van der Waals surface area contributed by atoms with Crippen LogP contribution in [-0.2, 0) is 24.2 Å². The monoisotopic (exact) mass is 422 g/mol. The van der Waals surface area contributed by atoms with E-state index in [9.17, 15) is 0 Å². The number of hydrogen-bond acceptors (Lipinski definition) is 4. The number of rotatable bonds is 6. The Labute approximate surface area is 149 Å². The summed E-state index contributed by atoms with van der Waals surface area (Å²) in [5.41, 5.74) is 0. The zero-order valence-corrected chi connectivity index (χ0v) is 15.8. The van der Waals surface area contributed by atoms with Gasteiger partial charge in [0, 0.05) is 40.3 Å². The van der Waals surface area contributed by atoms with Crippen LogP contribution in [0.2, 0.25) is 0 Å². The van der Waals surface area contributed by atoms with Gasteiger partial charge in [0.25, 0.3) is 0 Å². The Morgan fingerprint density at radius 1 is 1.27 bits per heavy atom. The number of aliphatic imine (C=N–C) groups is 1. The number of nitrogens with one attached hydrogen (secondary N) is 2. The van der Waals surface area contributed by atoms with Crippen LogP contribution in [0.3, 0.4) is 0 Å². The summed E-state index contributed by atoms with van der Waals surface area (Å²) in [6, 6.07) is 0. The minimum atomic E-state index is 0. The predicted molar refractivity (Wildman–Crippen MR) is 97.7 cm³/mol. The number of aryl methyl sites for hydroxylation is 1. The summed E-state index contributed by atoms with van der Waals surface area (Å²) in [4.78, 5) is 4.21. The lowest BCUT2D eigenvalue weighted by Crippen LogP contribution is -2.38. The second-order valence-corrected chi connectivity index (χ2v) is 5.19. The van der Waals surface area contributed by atoms with E-state index in [1.807, 2.05) is 0 Å². The highest BCUT2D eigenvalue weighted by Crippen LogP contribution is 2.14. The summed E-state index contributed by atoms with van der Waals surface area (Å²) in [6.45, 7) is 3.27. The summed E-state index contributed by atoms with van der Waals surface area (Å²) >= 11 is 0. The fraction of sp³-hybridized carbons (Fsp3) is 0.786. The van der Waals surface area contributed by atoms with Crippen LogP contribution in [-0.4, -0.2) is 48.0 Å². The van der Waals surface area contributed by atoms with Crippen LogP contribution < -0.4 is 10.6 Å². The average Bonchev–Trinajstić information content (AvgIpc) is 2.74. The molecule has 1 aromatic heterocycles. The quantitative estimate of drug-likeness (QED) is 0.313. The van der Waals surface area contributed by atoms with E-state index in [1.54, 1.807) is 14.2 Å². The molecule has 0 radical (unpaired) electrons. The normalized spacial score (nSPS) is 14.7. The molecular formula is C14H27IN6O. The number of hydrogen-bond donors (Lipinski definition) is 2. The van der Waals surface area contributed by atoms with Crippen molar-refractivity contribution < 1.29 is 4.74 Å². The fourth-order valence-corrected chi connectivity index (χ4v) is 2.48. The van der Waals surface area contributed by atoms with Gasteiger partial charge in [-0.2, -0.15) is 0 Å². The molecule has 8 heteroatoms. The minimum absolute atomic E-state index is 0. The van der Waals surface area contributed by atoms with Crippen molar-refractivity contribution in [2.45, 2.75) is 45.2 Å². The zero-order valence-electron chi connectivity index (χ0n) is 13.5. The molecule has 0 saturated heterocycles. The molecular weight excluding hydrogens is 395 g/mol. The molecule has 1 aliphatic heterocycles. The van der Waals surface area contributed by atoms with Crippen molar-refractivity contribution in [1.29, 1.82) is 0 Å². The molecule has 0 unspecified atom stereocenters. The third kappa shape index (κ3) is 5.71. The lowest BCUT2D eigenvalue weighted by molar-refractivity contribution is 0.195. The van der Waals surface area contributed by atoms with Gasteiger partial charge in [0.2, 0.25) is 0 Å². The summed E-state index contributed by atoms with van der Waals surface area (Å²) < 4.78 is 7.28. The third-order valence-electron chi connectivity index (χ3n) is 3.64. The Morgan fingerprint density at radius 2 is 2.14 bits per heavy atom. The van der Waals surface area contributed by atoms with Crippen LogP contribution in [0, 0.1) is 0 Å². The Bertz CT molecular complexity index is 462. The molecule has 1 aliphatic rings. The smallest absolute Gasteiger partial charge is 0.191 e. The van der Waals surface area contributed by atoms with Gasteiger partial charge >= 0.3 is 0 Å². The molecule has 0 aromatic carbocycles. The van der Waals surface area contributed by atoms with Crippen molar-refractivity contribution in [3.63, 3.8) is 0 Å². The lowest BCUT2D eigenvalue weighted by atomic mass is 10.2. The first-order valence-corrected chi connectivity index (χ1v) is 7.69. The second-order valence-electron chi connectivity index (χ2n) is 5.19. The first-order valence-electron chi connectivity index (χ1n) is 7.69. The Kier molecular flexibility index (Phi) is 9.37. The molecule has 22 heavy (non-hydrogen) atoms. The molecule has 0 fully saturated rings. The van der Waals surface area contributed by atoms with Crippen molar-refractivity contribution in [2.75, 3.05) is 27.3 Å². The van der Waals surface area contributed by atoms with Gasteiger partial charge in [0.15, 0.2) is 11.8 Å². The maximum Gasteiger partial charge on any atom is 0.191 e. The Morgan fingerprint density at radius 3 is 2.91 bits per heavy atom. The van der Waals surface area contributed by atoms with Crippen LogP contribution in [0.5, 0.6) is 0 Å². The van der Waals surface area contributed by atoms with Crippen LogP contribution in [0.15, 0.2) is 4.99 Å². The largest absolute Gasteiger partial charge is 0.385 e. The molecule has 0 saturated carbocycles. The van der Waals surface area contributed by atoms with E-state index in [0.717, 1.165) is 50.1 Å². The highest BCUT2D eigenvalue weighted by atomic mass is 127. The highest BCUT2D eigenvalue weighted by molar-refractivity contribution is 14.0. The van der Waals surface area contributed by atoms with Gasteiger partial charge in [-0.25, -0.2) is 0 Å². The van der Waals surface area contributed by atoms with Crippen molar-refractivity contribution in [3.05, 3.63) is 11.6 Å². The first kappa shape index (κ1) is 19.1. The lowest BCUT2D eigenvalue weighted by Gasteiger charge is -2.12. The van der Waals surface area contributed by atoms with E-state index in [1.165, 1.54) is 19.3 Å². The number of guanidine groups is 1. The molecule has 2 heterocycles. The van der Waals surface area contributed by atoms with E-state index in [2.05, 4.69) is 30.4 Å². The molecule has 126 valence electrons. The first-order chi connectivity index (χ1) is 10.3. The van der Waals surface area contributed by atoms with Crippen molar-refractivity contribution in [1.82, 2.24) is 25.4 Å². The zero-order chi connectivity index (χ0) is 14.9. The molecule has 2 N–H and O–H groups in total. The van der Waals surface area contributed by atoms with Gasteiger partial charge in [-0.15, -0.1) is 34.2 Å². The van der Waals surface area contributed by atoms with E-state index < -0.39 is 0 Å². The molecule has 0 bridgehead atoms. The number of halogens is 1. The molecule has 1 aromatic rings. The molecule has 7 nitrogen and oxygen atoms in total. The summed E-state index contributed by atoms with van der Waals surface area (Å²) in [6.07, 6.45) is 5.70. The molecule has 0 amide bonds. The standard InChI is InChI=1S/C14H26N6O.HI/c1-15-14(16-8-6-10-21-2)17-11-13-19-18-12-7-4-3-5-9-20(12)13;/h3-11H2,1-2H3,(H2,15,16,17);1H. The maximum atomic E-state index is 5.03. The van der Waals surface area contributed by atoms with E-state index in [-0.39, 0.29) is 24.0 Å².